The average Bonchev–Trinajstić information content (AvgIpc) is 2.57. The molecule has 1 aromatic rings. The molecule has 0 amide bonds. The minimum atomic E-state index is -0.491. The molecule has 0 saturated heterocycles. The lowest BCUT2D eigenvalue weighted by Gasteiger charge is -2.26. The summed E-state index contributed by atoms with van der Waals surface area (Å²) < 4.78 is 16.2. The highest BCUT2D eigenvalue weighted by Gasteiger charge is 2.15. The minimum absolute atomic E-state index is 0.129. The second-order valence-corrected chi connectivity index (χ2v) is 7.14. The molecule has 144 valence electrons. The molecule has 1 N–H and O–H groups in total. The van der Waals surface area contributed by atoms with Crippen molar-refractivity contribution in [1.82, 2.24) is 4.90 Å². The molecule has 0 aliphatic carbocycles. The third-order valence-corrected chi connectivity index (χ3v) is 3.97. The topological polar surface area (TPSA) is 51.2 Å². The van der Waals surface area contributed by atoms with Crippen molar-refractivity contribution in [3.63, 3.8) is 0 Å². The standard InChI is InChI=1S/C20H35NO4/c1-15(2)9-10-21(13-18(22)14-25-16(3)4)12-17-7-8-19(23-5)20(11-17)24-6/h7-8,11,15-16,18,22H,9-10,12-14H2,1-6H3. The lowest BCUT2D eigenvalue weighted by molar-refractivity contribution is -0.00998. The van der Waals surface area contributed by atoms with Gasteiger partial charge in [-0.25, -0.2) is 0 Å². The Morgan fingerprint density at radius 1 is 1.04 bits per heavy atom. The van der Waals surface area contributed by atoms with E-state index in [0.717, 1.165) is 36.6 Å². The second kappa shape index (κ2) is 11.3. The van der Waals surface area contributed by atoms with Crippen LogP contribution in [0.1, 0.15) is 39.7 Å². The number of aliphatic hydroxyl groups is 1. The van der Waals surface area contributed by atoms with E-state index >= 15 is 0 Å². The Balaban J connectivity index is 2.75. The summed E-state index contributed by atoms with van der Waals surface area (Å²) in [6.45, 7) is 11.0. The maximum Gasteiger partial charge on any atom is 0.161 e. The fourth-order valence-corrected chi connectivity index (χ4v) is 2.57. The first kappa shape index (κ1) is 21.7. The van der Waals surface area contributed by atoms with Gasteiger partial charge in [-0.3, -0.25) is 4.90 Å². The number of nitrogens with zero attached hydrogens (tertiary/aromatic N) is 1. The van der Waals surface area contributed by atoms with Crippen LogP contribution in [-0.4, -0.2) is 56.1 Å². The van der Waals surface area contributed by atoms with Crippen LogP contribution < -0.4 is 9.47 Å². The highest BCUT2D eigenvalue weighted by molar-refractivity contribution is 5.42. The maximum atomic E-state index is 10.3. The Bertz CT molecular complexity index is 491. The van der Waals surface area contributed by atoms with E-state index in [0.29, 0.717) is 19.1 Å². The molecule has 1 aromatic carbocycles. The van der Waals surface area contributed by atoms with E-state index in [1.165, 1.54) is 0 Å². The number of rotatable bonds is 12. The van der Waals surface area contributed by atoms with Crippen LogP contribution in [0.5, 0.6) is 11.5 Å². The Kier molecular flexibility index (Phi) is 9.86. The Morgan fingerprint density at radius 3 is 2.28 bits per heavy atom. The van der Waals surface area contributed by atoms with Gasteiger partial charge >= 0.3 is 0 Å². The van der Waals surface area contributed by atoms with Crippen LogP contribution in [0.25, 0.3) is 0 Å². The summed E-state index contributed by atoms with van der Waals surface area (Å²) >= 11 is 0. The molecule has 0 bridgehead atoms. The molecule has 1 rings (SSSR count). The normalized spacial score (nSPS) is 12.9. The molecule has 25 heavy (non-hydrogen) atoms. The van der Waals surface area contributed by atoms with E-state index in [9.17, 15) is 5.11 Å². The summed E-state index contributed by atoms with van der Waals surface area (Å²) in [6.07, 6.45) is 0.727. The van der Waals surface area contributed by atoms with Crippen LogP contribution in [0, 0.1) is 5.92 Å². The third-order valence-electron chi connectivity index (χ3n) is 3.97. The van der Waals surface area contributed by atoms with E-state index in [1.54, 1.807) is 14.2 Å². The fourth-order valence-electron chi connectivity index (χ4n) is 2.57. The van der Waals surface area contributed by atoms with Crippen LogP contribution in [-0.2, 0) is 11.3 Å². The number of ether oxygens (including phenoxy) is 3. The highest BCUT2D eigenvalue weighted by atomic mass is 16.5. The summed E-state index contributed by atoms with van der Waals surface area (Å²) in [4.78, 5) is 2.27. The Hall–Kier alpha value is -1.30. The summed E-state index contributed by atoms with van der Waals surface area (Å²) in [6, 6.07) is 5.96. The number of hydrogen-bond donors (Lipinski definition) is 1. The summed E-state index contributed by atoms with van der Waals surface area (Å²) in [5, 5.41) is 10.3. The summed E-state index contributed by atoms with van der Waals surface area (Å²) in [5.41, 5.74) is 1.14. The van der Waals surface area contributed by atoms with Gasteiger partial charge in [0, 0.05) is 13.1 Å². The number of aliphatic hydroxyl groups excluding tert-OH is 1. The number of methoxy groups -OCH3 is 2. The molecule has 0 spiro atoms. The van der Waals surface area contributed by atoms with Crippen LogP contribution in [0.2, 0.25) is 0 Å². The van der Waals surface area contributed by atoms with Gasteiger partial charge in [-0.2, -0.15) is 0 Å². The van der Waals surface area contributed by atoms with Crippen molar-refractivity contribution in [2.75, 3.05) is 33.9 Å². The van der Waals surface area contributed by atoms with E-state index in [2.05, 4.69) is 18.7 Å². The average molecular weight is 354 g/mol. The summed E-state index contributed by atoms with van der Waals surface area (Å²) in [5.74, 6) is 2.08. The summed E-state index contributed by atoms with van der Waals surface area (Å²) in [7, 11) is 3.28. The van der Waals surface area contributed by atoms with Gasteiger partial charge in [0.1, 0.15) is 0 Å². The molecular weight excluding hydrogens is 318 g/mol. The zero-order valence-corrected chi connectivity index (χ0v) is 16.6. The van der Waals surface area contributed by atoms with Crippen LogP contribution in [0.3, 0.4) is 0 Å². The van der Waals surface area contributed by atoms with Gasteiger partial charge in [0.25, 0.3) is 0 Å². The van der Waals surface area contributed by atoms with Crippen molar-refractivity contribution in [3.05, 3.63) is 23.8 Å². The lowest BCUT2D eigenvalue weighted by Crippen LogP contribution is -2.36. The van der Waals surface area contributed by atoms with E-state index < -0.39 is 6.10 Å². The highest BCUT2D eigenvalue weighted by Crippen LogP contribution is 2.28. The molecule has 5 nitrogen and oxygen atoms in total. The first-order chi connectivity index (χ1) is 11.8. The molecule has 0 saturated carbocycles. The first-order valence-corrected chi connectivity index (χ1v) is 9.08. The van der Waals surface area contributed by atoms with Crippen molar-refractivity contribution in [2.24, 2.45) is 5.92 Å². The smallest absolute Gasteiger partial charge is 0.161 e. The van der Waals surface area contributed by atoms with Crippen molar-refractivity contribution in [3.8, 4) is 11.5 Å². The van der Waals surface area contributed by atoms with Gasteiger partial charge < -0.3 is 19.3 Å². The van der Waals surface area contributed by atoms with Gasteiger partial charge in [0.05, 0.1) is 33.0 Å². The zero-order chi connectivity index (χ0) is 18.8. The van der Waals surface area contributed by atoms with Crippen LogP contribution >= 0.6 is 0 Å². The molecular formula is C20H35NO4. The monoisotopic (exact) mass is 353 g/mol. The fraction of sp³-hybridized carbons (Fsp3) is 0.700. The van der Waals surface area contributed by atoms with Crippen molar-refractivity contribution in [1.29, 1.82) is 0 Å². The quantitative estimate of drug-likeness (QED) is 0.625. The molecule has 0 heterocycles. The van der Waals surface area contributed by atoms with E-state index in [4.69, 9.17) is 14.2 Å². The predicted molar refractivity (Wildman–Crippen MR) is 101 cm³/mol. The molecule has 0 aromatic heterocycles. The second-order valence-electron chi connectivity index (χ2n) is 7.14. The zero-order valence-electron chi connectivity index (χ0n) is 16.6. The molecule has 1 unspecified atom stereocenters. The number of benzene rings is 1. The van der Waals surface area contributed by atoms with E-state index in [-0.39, 0.29) is 6.10 Å². The first-order valence-electron chi connectivity index (χ1n) is 9.08. The SMILES string of the molecule is COc1ccc(CN(CCC(C)C)CC(O)COC(C)C)cc1OC. The lowest BCUT2D eigenvalue weighted by atomic mass is 10.1. The molecule has 0 radical (unpaired) electrons. The van der Waals surface area contributed by atoms with Crippen LogP contribution in [0.15, 0.2) is 18.2 Å². The maximum absolute atomic E-state index is 10.3. The van der Waals surface area contributed by atoms with Gasteiger partial charge in [0.2, 0.25) is 0 Å². The largest absolute Gasteiger partial charge is 0.493 e. The number of hydrogen-bond acceptors (Lipinski definition) is 5. The van der Waals surface area contributed by atoms with Gasteiger partial charge in [0.15, 0.2) is 11.5 Å². The van der Waals surface area contributed by atoms with Gasteiger partial charge in [-0.05, 0) is 50.4 Å². The Morgan fingerprint density at radius 2 is 1.72 bits per heavy atom. The molecule has 5 heteroatoms. The molecule has 0 aliphatic heterocycles. The van der Waals surface area contributed by atoms with Gasteiger partial charge in [-0.15, -0.1) is 0 Å². The van der Waals surface area contributed by atoms with Gasteiger partial charge in [-0.1, -0.05) is 19.9 Å². The van der Waals surface area contributed by atoms with E-state index in [1.807, 2.05) is 32.0 Å². The predicted octanol–water partition coefficient (Wildman–Crippen LogP) is 3.34. The van der Waals surface area contributed by atoms with Crippen molar-refractivity contribution < 1.29 is 19.3 Å². The van der Waals surface area contributed by atoms with Crippen LogP contribution in [0.4, 0.5) is 0 Å². The minimum Gasteiger partial charge on any atom is -0.493 e. The molecule has 0 fully saturated rings. The van der Waals surface area contributed by atoms with Crippen molar-refractivity contribution >= 4 is 0 Å². The van der Waals surface area contributed by atoms with Crippen molar-refractivity contribution in [2.45, 2.75) is 52.9 Å². The Labute approximate surface area is 152 Å². The molecule has 0 aliphatic rings. The molecule has 1 atom stereocenters. The third kappa shape index (κ3) is 8.56.